The first-order valence-electron chi connectivity index (χ1n) is 9.84. The highest BCUT2D eigenvalue weighted by atomic mass is 15.3. The maximum atomic E-state index is 4.65. The van der Waals surface area contributed by atoms with Crippen molar-refractivity contribution < 1.29 is 0 Å². The second-order valence-electron chi connectivity index (χ2n) is 7.45. The lowest BCUT2D eigenvalue weighted by molar-refractivity contribution is 0.528. The number of pyridine rings is 2. The molecule has 0 fully saturated rings. The maximum absolute atomic E-state index is 4.65. The zero-order valence-electron chi connectivity index (χ0n) is 15.7. The number of fused-ring (bicyclic) bond motifs is 1. The van der Waals surface area contributed by atoms with Crippen LogP contribution in [-0.2, 0) is 6.42 Å². The van der Waals surface area contributed by atoms with Crippen molar-refractivity contribution in [1.82, 2.24) is 19.6 Å². The van der Waals surface area contributed by atoms with Gasteiger partial charge < -0.3 is 0 Å². The van der Waals surface area contributed by atoms with Gasteiger partial charge in [0, 0.05) is 12.4 Å². The first-order chi connectivity index (χ1) is 13.9. The van der Waals surface area contributed by atoms with Crippen molar-refractivity contribution in [2.24, 2.45) is 5.92 Å². The van der Waals surface area contributed by atoms with Crippen LogP contribution < -0.4 is 0 Å². The molecule has 5 rings (SSSR count). The van der Waals surface area contributed by atoms with Crippen LogP contribution in [0, 0.1) is 5.92 Å². The lowest BCUT2D eigenvalue weighted by Gasteiger charge is -2.10. The van der Waals surface area contributed by atoms with E-state index in [1.165, 1.54) is 28.7 Å². The predicted octanol–water partition coefficient (Wildman–Crippen LogP) is 5.08. The van der Waals surface area contributed by atoms with E-state index in [9.17, 15) is 0 Å². The third-order valence-corrected chi connectivity index (χ3v) is 5.63. The summed E-state index contributed by atoms with van der Waals surface area (Å²) in [5.74, 6) is 0.638. The van der Waals surface area contributed by atoms with Gasteiger partial charge in [0.2, 0.25) is 0 Å². The number of benzene rings is 1. The van der Waals surface area contributed by atoms with Crippen LogP contribution in [0.2, 0.25) is 0 Å². The molecule has 1 unspecified atom stereocenters. The number of aromatic nitrogens is 4. The minimum absolute atomic E-state index is 0.638. The molecule has 4 aromatic rings. The summed E-state index contributed by atoms with van der Waals surface area (Å²) in [6.07, 6.45) is 10.1. The molecule has 1 atom stereocenters. The van der Waals surface area contributed by atoms with E-state index in [-0.39, 0.29) is 0 Å². The Morgan fingerprint density at radius 1 is 0.857 bits per heavy atom. The number of allylic oxidation sites excluding steroid dienone is 2. The molecule has 0 bridgehead atoms. The summed E-state index contributed by atoms with van der Waals surface area (Å²) >= 11 is 0. The number of aryl methyl sites for hydroxylation is 1. The highest BCUT2D eigenvalue weighted by Gasteiger charge is 2.26. The summed E-state index contributed by atoms with van der Waals surface area (Å²) in [5.41, 5.74) is 7.38. The molecule has 3 aromatic heterocycles. The normalized spacial score (nSPS) is 16.8. The molecule has 0 amide bonds. The van der Waals surface area contributed by atoms with Gasteiger partial charge in [0.15, 0.2) is 5.65 Å². The largest absolute Gasteiger partial charge is 0.257 e. The Bertz CT molecular complexity index is 1110. The molecule has 0 radical (unpaired) electrons. The average Bonchev–Trinajstić information content (AvgIpc) is 3.40. The van der Waals surface area contributed by atoms with E-state index in [1.54, 1.807) is 6.33 Å². The van der Waals surface area contributed by atoms with Crippen LogP contribution in [0.1, 0.15) is 36.1 Å². The molecule has 0 aliphatic heterocycles. The fourth-order valence-electron chi connectivity index (χ4n) is 4.20. The maximum Gasteiger partial charge on any atom is 0.155 e. The second kappa shape index (κ2) is 7.39. The van der Waals surface area contributed by atoms with Crippen molar-refractivity contribution >= 4 is 16.8 Å². The molecule has 28 heavy (non-hydrogen) atoms. The predicted molar refractivity (Wildman–Crippen MR) is 112 cm³/mol. The van der Waals surface area contributed by atoms with Crippen LogP contribution in [0.4, 0.5) is 0 Å². The van der Waals surface area contributed by atoms with E-state index in [4.69, 9.17) is 0 Å². The summed E-state index contributed by atoms with van der Waals surface area (Å²) in [4.78, 5) is 8.91. The SMILES string of the molecule is c1ccc(CCC2CC(c3ccc4ncnn4c3)=C(c3ccccn3)C2)cc1. The lowest BCUT2D eigenvalue weighted by Crippen LogP contribution is -1.98. The molecule has 4 nitrogen and oxygen atoms in total. The molecule has 4 heteroatoms. The Morgan fingerprint density at radius 3 is 2.57 bits per heavy atom. The van der Waals surface area contributed by atoms with Gasteiger partial charge in [-0.05, 0) is 78.1 Å². The fraction of sp³-hybridized carbons (Fsp3) is 0.208. The monoisotopic (exact) mass is 366 g/mol. The minimum atomic E-state index is 0.638. The average molecular weight is 366 g/mol. The van der Waals surface area contributed by atoms with Crippen LogP contribution in [0.25, 0.3) is 16.8 Å². The van der Waals surface area contributed by atoms with E-state index in [2.05, 4.69) is 69.8 Å². The Kier molecular flexibility index (Phi) is 4.45. The van der Waals surface area contributed by atoms with Crippen LogP contribution in [0.3, 0.4) is 0 Å². The zero-order chi connectivity index (χ0) is 18.8. The topological polar surface area (TPSA) is 43.1 Å². The smallest absolute Gasteiger partial charge is 0.155 e. The van der Waals surface area contributed by atoms with Crippen LogP contribution in [0.5, 0.6) is 0 Å². The van der Waals surface area contributed by atoms with E-state index in [0.29, 0.717) is 5.92 Å². The zero-order valence-corrected chi connectivity index (χ0v) is 15.7. The quantitative estimate of drug-likeness (QED) is 0.495. The van der Waals surface area contributed by atoms with Gasteiger partial charge in [-0.1, -0.05) is 36.4 Å². The van der Waals surface area contributed by atoms with E-state index in [1.807, 2.05) is 22.8 Å². The number of rotatable bonds is 5. The van der Waals surface area contributed by atoms with Crippen molar-refractivity contribution in [2.75, 3.05) is 0 Å². The molecule has 1 aliphatic carbocycles. The third-order valence-electron chi connectivity index (χ3n) is 5.63. The molecule has 3 heterocycles. The van der Waals surface area contributed by atoms with E-state index >= 15 is 0 Å². The standard InChI is InChI=1S/C24H22N4/c1-2-6-18(7-3-1)9-10-19-14-21(22(15-19)23-8-4-5-13-25-23)20-11-12-24-26-17-27-28(24)16-20/h1-8,11-13,16-17,19H,9-10,14-15H2. The molecule has 0 N–H and O–H groups in total. The first-order valence-corrected chi connectivity index (χ1v) is 9.84. The molecule has 1 aromatic carbocycles. The summed E-state index contributed by atoms with van der Waals surface area (Å²) in [6, 6.07) is 21.2. The second-order valence-corrected chi connectivity index (χ2v) is 7.45. The van der Waals surface area contributed by atoms with E-state index < -0.39 is 0 Å². The third kappa shape index (κ3) is 3.33. The molecular weight excluding hydrogens is 344 g/mol. The van der Waals surface area contributed by atoms with Crippen molar-refractivity contribution in [3.63, 3.8) is 0 Å². The van der Waals surface area contributed by atoms with Gasteiger partial charge in [-0.2, -0.15) is 5.10 Å². The highest BCUT2D eigenvalue weighted by molar-refractivity contribution is 5.92. The van der Waals surface area contributed by atoms with Crippen molar-refractivity contribution in [3.05, 3.63) is 96.2 Å². The first kappa shape index (κ1) is 16.9. The Morgan fingerprint density at radius 2 is 1.71 bits per heavy atom. The summed E-state index contributed by atoms with van der Waals surface area (Å²) < 4.78 is 1.86. The molecule has 0 spiro atoms. The summed E-state index contributed by atoms with van der Waals surface area (Å²) in [6.45, 7) is 0. The summed E-state index contributed by atoms with van der Waals surface area (Å²) in [7, 11) is 0. The highest BCUT2D eigenvalue weighted by Crippen LogP contribution is 2.44. The van der Waals surface area contributed by atoms with E-state index in [0.717, 1.165) is 30.6 Å². The van der Waals surface area contributed by atoms with Crippen molar-refractivity contribution in [1.29, 1.82) is 0 Å². The number of hydrogen-bond donors (Lipinski definition) is 0. The minimum Gasteiger partial charge on any atom is -0.257 e. The molecule has 138 valence electrons. The van der Waals surface area contributed by atoms with Gasteiger partial charge >= 0.3 is 0 Å². The van der Waals surface area contributed by atoms with Gasteiger partial charge in [-0.15, -0.1) is 0 Å². The Hall–Kier alpha value is -3.27. The van der Waals surface area contributed by atoms with Gasteiger partial charge in [0.25, 0.3) is 0 Å². The molecule has 0 saturated heterocycles. The molecular formula is C24H22N4. The van der Waals surface area contributed by atoms with Gasteiger partial charge in [0.1, 0.15) is 6.33 Å². The van der Waals surface area contributed by atoms with Crippen LogP contribution in [0.15, 0.2) is 79.4 Å². The fourth-order valence-corrected chi connectivity index (χ4v) is 4.20. The van der Waals surface area contributed by atoms with Crippen LogP contribution >= 0.6 is 0 Å². The van der Waals surface area contributed by atoms with Gasteiger partial charge in [-0.3, -0.25) is 4.98 Å². The van der Waals surface area contributed by atoms with Crippen LogP contribution in [-0.4, -0.2) is 19.6 Å². The van der Waals surface area contributed by atoms with Gasteiger partial charge in [-0.25, -0.2) is 9.50 Å². The van der Waals surface area contributed by atoms with Gasteiger partial charge in [0.05, 0.1) is 5.69 Å². The Labute approximate surface area is 164 Å². The molecule has 0 saturated carbocycles. The molecule has 1 aliphatic rings. The lowest BCUT2D eigenvalue weighted by atomic mass is 9.95. The summed E-state index contributed by atoms with van der Waals surface area (Å²) in [5, 5.41) is 4.31. The van der Waals surface area contributed by atoms with Crippen molar-refractivity contribution in [3.8, 4) is 0 Å². The number of hydrogen-bond acceptors (Lipinski definition) is 3. The Balaban J connectivity index is 1.45. The van der Waals surface area contributed by atoms with Crippen molar-refractivity contribution in [2.45, 2.75) is 25.7 Å². The number of nitrogens with zero attached hydrogens (tertiary/aromatic N) is 4.